The van der Waals surface area contributed by atoms with Crippen LogP contribution >= 0.6 is 0 Å². The van der Waals surface area contributed by atoms with Crippen LogP contribution in [0.2, 0.25) is 0 Å². The second kappa shape index (κ2) is 5.54. The molecule has 2 amide bonds. The summed E-state index contributed by atoms with van der Waals surface area (Å²) in [5, 5.41) is 5.78. The quantitative estimate of drug-likeness (QED) is 0.863. The van der Waals surface area contributed by atoms with Crippen molar-refractivity contribution in [2.45, 2.75) is 52.1 Å². The number of urea groups is 1. The fourth-order valence-electron chi connectivity index (χ4n) is 3.61. The highest BCUT2D eigenvalue weighted by atomic mass is 32.2. The first-order chi connectivity index (χ1) is 10.6. The van der Waals surface area contributed by atoms with Crippen molar-refractivity contribution < 1.29 is 17.6 Å². The van der Waals surface area contributed by atoms with Gasteiger partial charge in [0.1, 0.15) is 11.5 Å². The van der Waals surface area contributed by atoms with Crippen LogP contribution in [0, 0.1) is 12.3 Å². The molecular formula is C16H24N2O4S. The minimum Gasteiger partial charge on any atom is -0.466 e. The van der Waals surface area contributed by atoms with Crippen molar-refractivity contribution in [2.24, 2.45) is 5.41 Å². The number of hydrogen-bond donors (Lipinski definition) is 2. The summed E-state index contributed by atoms with van der Waals surface area (Å²) >= 11 is 0. The van der Waals surface area contributed by atoms with Crippen LogP contribution in [-0.4, -0.2) is 32.0 Å². The molecule has 6 nitrogen and oxygen atoms in total. The summed E-state index contributed by atoms with van der Waals surface area (Å²) in [5.41, 5.74) is 1.09. The van der Waals surface area contributed by atoms with Crippen molar-refractivity contribution in [3.05, 3.63) is 23.2 Å². The maximum absolute atomic E-state index is 12.3. The van der Waals surface area contributed by atoms with Gasteiger partial charge in [0.15, 0.2) is 9.84 Å². The fraction of sp³-hybridized carbons (Fsp3) is 0.688. The van der Waals surface area contributed by atoms with E-state index in [9.17, 15) is 13.2 Å². The van der Waals surface area contributed by atoms with Crippen LogP contribution in [0.25, 0.3) is 0 Å². The lowest BCUT2D eigenvalue weighted by molar-refractivity contribution is 0.212. The molecule has 1 saturated heterocycles. The lowest BCUT2D eigenvalue weighted by Crippen LogP contribution is -2.45. The van der Waals surface area contributed by atoms with Crippen LogP contribution in [0.1, 0.15) is 49.8 Å². The van der Waals surface area contributed by atoms with Gasteiger partial charge in [-0.25, -0.2) is 13.2 Å². The van der Waals surface area contributed by atoms with E-state index in [1.165, 1.54) is 0 Å². The summed E-state index contributed by atoms with van der Waals surface area (Å²) in [6, 6.07) is 1.28. The SMILES string of the molecule is Cc1cc2c(o1)CC(C)(C)C[C@@H]2NC(=O)N[C@@H]1CCS(=O)(=O)C1. The lowest BCUT2D eigenvalue weighted by atomic mass is 9.75. The van der Waals surface area contributed by atoms with Crippen LogP contribution < -0.4 is 10.6 Å². The van der Waals surface area contributed by atoms with E-state index in [1.807, 2.05) is 13.0 Å². The van der Waals surface area contributed by atoms with Crippen LogP contribution in [-0.2, 0) is 16.3 Å². The predicted molar refractivity (Wildman–Crippen MR) is 87.0 cm³/mol. The molecule has 3 rings (SSSR count). The van der Waals surface area contributed by atoms with Gasteiger partial charge in [-0.3, -0.25) is 0 Å². The van der Waals surface area contributed by atoms with Crippen molar-refractivity contribution in [3.63, 3.8) is 0 Å². The van der Waals surface area contributed by atoms with Gasteiger partial charge in [0.25, 0.3) is 0 Å². The maximum atomic E-state index is 12.3. The molecule has 1 aromatic rings. The molecular weight excluding hydrogens is 316 g/mol. The Hall–Kier alpha value is -1.50. The highest BCUT2D eigenvalue weighted by Gasteiger charge is 2.36. The second-order valence-corrected chi connectivity index (χ2v) is 9.78. The molecule has 1 aliphatic heterocycles. The fourth-order valence-corrected chi connectivity index (χ4v) is 5.28. The molecule has 2 N–H and O–H groups in total. The number of aryl methyl sites for hydroxylation is 1. The number of carbonyl (C=O) groups is 1. The zero-order valence-corrected chi connectivity index (χ0v) is 14.6. The van der Waals surface area contributed by atoms with Gasteiger partial charge in [-0.05, 0) is 31.2 Å². The average molecular weight is 340 g/mol. The molecule has 0 spiro atoms. The standard InChI is InChI=1S/C16H24N2O4S/c1-10-6-12-13(7-16(2,3)8-14(12)22-10)18-15(19)17-11-4-5-23(20,21)9-11/h6,11,13H,4-5,7-9H2,1-3H3,(H2,17,18,19)/t11-,13+/m1/s1. The topological polar surface area (TPSA) is 88.4 Å². The monoisotopic (exact) mass is 340 g/mol. The van der Waals surface area contributed by atoms with E-state index in [0.29, 0.717) is 6.42 Å². The minimum absolute atomic E-state index is 0.0344. The molecule has 0 aromatic carbocycles. The lowest BCUT2D eigenvalue weighted by Gasteiger charge is -2.34. The van der Waals surface area contributed by atoms with Gasteiger partial charge >= 0.3 is 6.03 Å². The first-order valence-electron chi connectivity index (χ1n) is 8.00. The maximum Gasteiger partial charge on any atom is 0.315 e. The highest BCUT2D eigenvalue weighted by Crippen LogP contribution is 2.41. The molecule has 1 aromatic heterocycles. The van der Waals surface area contributed by atoms with E-state index >= 15 is 0 Å². The molecule has 2 heterocycles. The molecule has 128 valence electrons. The predicted octanol–water partition coefficient (Wildman–Crippen LogP) is 2.09. The molecule has 0 radical (unpaired) electrons. The van der Waals surface area contributed by atoms with Crippen molar-refractivity contribution in [3.8, 4) is 0 Å². The van der Waals surface area contributed by atoms with Gasteiger partial charge < -0.3 is 15.1 Å². The summed E-state index contributed by atoms with van der Waals surface area (Å²) in [4.78, 5) is 12.3. The normalized spacial score (nSPS) is 28.1. The summed E-state index contributed by atoms with van der Waals surface area (Å²) in [5.74, 6) is 1.97. The number of sulfone groups is 1. The summed E-state index contributed by atoms with van der Waals surface area (Å²) in [7, 11) is -3.00. The van der Waals surface area contributed by atoms with Gasteiger partial charge in [0.2, 0.25) is 0 Å². The van der Waals surface area contributed by atoms with E-state index in [2.05, 4.69) is 24.5 Å². The summed E-state index contributed by atoms with van der Waals surface area (Å²) < 4.78 is 28.7. The Labute approximate surface area is 136 Å². The third-order valence-electron chi connectivity index (χ3n) is 4.61. The molecule has 2 atom stereocenters. The molecule has 0 saturated carbocycles. The summed E-state index contributed by atoms with van der Waals surface area (Å²) in [6.07, 6.45) is 2.17. The molecule has 1 aliphatic carbocycles. The number of rotatable bonds is 2. The first-order valence-corrected chi connectivity index (χ1v) is 9.82. The van der Waals surface area contributed by atoms with E-state index < -0.39 is 9.84 Å². The van der Waals surface area contributed by atoms with Gasteiger partial charge in [-0.15, -0.1) is 0 Å². The number of amides is 2. The third-order valence-corrected chi connectivity index (χ3v) is 6.38. The number of nitrogens with one attached hydrogen (secondary N) is 2. The second-order valence-electron chi connectivity index (χ2n) is 7.55. The minimum atomic E-state index is -3.00. The Balaban J connectivity index is 1.68. The number of furan rings is 1. The highest BCUT2D eigenvalue weighted by molar-refractivity contribution is 7.91. The van der Waals surface area contributed by atoms with Gasteiger partial charge in [-0.1, -0.05) is 13.8 Å². The van der Waals surface area contributed by atoms with Crippen LogP contribution in [0.4, 0.5) is 4.79 Å². The zero-order valence-electron chi connectivity index (χ0n) is 13.8. The van der Waals surface area contributed by atoms with E-state index in [1.54, 1.807) is 0 Å². The molecule has 7 heteroatoms. The average Bonchev–Trinajstić information content (AvgIpc) is 2.90. The van der Waals surface area contributed by atoms with Crippen molar-refractivity contribution >= 4 is 15.9 Å². The number of hydrogen-bond acceptors (Lipinski definition) is 4. The Morgan fingerprint density at radius 1 is 1.35 bits per heavy atom. The summed E-state index contributed by atoms with van der Waals surface area (Å²) in [6.45, 7) is 6.22. The smallest absolute Gasteiger partial charge is 0.315 e. The van der Waals surface area contributed by atoms with Crippen LogP contribution in [0.5, 0.6) is 0 Å². The molecule has 0 unspecified atom stereocenters. The van der Waals surface area contributed by atoms with E-state index in [4.69, 9.17) is 4.42 Å². The van der Waals surface area contributed by atoms with Gasteiger partial charge in [0.05, 0.1) is 17.5 Å². The van der Waals surface area contributed by atoms with E-state index in [0.717, 1.165) is 29.9 Å². The molecule has 1 fully saturated rings. The first kappa shape index (κ1) is 16.4. The molecule has 2 aliphatic rings. The number of fused-ring (bicyclic) bond motifs is 1. The molecule has 23 heavy (non-hydrogen) atoms. The van der Waals surface area contributed by atoms with Gasteiger partial charge in [-0.2, -0.15) is 0 Å². The van der Waals surface area contributed by atoms with Crippen LogP contribution in [0.15, 0.2) is 10.5 Å². The molecule has 0 bridgehead atoms. The third kappa shape index (κ3) is 3.71. The number of carbonyl (C=O) groups excluding carboxylic acids is 1. The van der Waals surface area contributed by atoms with Gasteiger partial charge in [0, 0.05) is 18.0 Å². The largest absolute Gasteiger partial charge is 0.466 e. The van der Waals surface area contributed by atoms with Crippen molar-refractivity contribution in [2.75, 3.05) is 11.5 Å². The Bertz CT molecular complexity index is 720. The van der Waals surface area contributed by atoms with Crippen LogP contribution in [0.3, 0.4) is 0 Å². The Morgan fingerprint density at radius 2 is 2.09 bits per heavy atom. The Kier molecular flexibility index (Phi) is 3.94. The zero-order chi connectivity index (χ0) is 16.8. The van der Waals surface area contributed by atoms with E-state index in [-0.39, 0.29) is 35.0 Å². The Morgan fingerprint density at radius 3 is 2.74 bits per heavy atom. The van der Waals surface area contributed by atoms with Crippen molar-refractivity contribution in [1.29, 1.82) is 0 Å². The van der Waals surface area contributed by atoms with Crippen molar-refractivity contribution in [1.82, 2.24) is 10.6 Å².